The Kier molecular flexibility index (Phi) is 3.99. The highest BCUT2D eigenvalue weighted by molar-refractivity contribution is 5.88. The molecule has 0 bridgehead atoms. The molecule has 7 nitrogen and oxygen atoms in total. The maximum absolute atomic E-state index is 11.4. The summed E-state index contributed by atoms with van der Waals surface area (Å²) in [4.78, 5) is 26.0. The number of carboxylic acid groups (broad SMARTS) is 1. The van der Waals surface area contributed by atoms with Crippen molar-refractivity contribution in [2.45, 2.75) is 6.92 Å². The van der Waals surface area contributed by atoms with Gasteiger partial charge in [0.05, 0.1) is 12.2 Å². The lowest BCUT2D eigenvalue weighted by atomic mass is 10.2. The summed E-state index contributed by atoms with van der Waals surface area (Å²) >= 11 is 0. The zero-order valence-electron chi connectivity index (χ0n) is 10.6. The number of nitrogens with one attached hydrogen (secondary N) is 1. The molecular formula is C13H12N2O5. The van der Waals surface area contributed by atoms with Gasteiger partial charge in [-0.15, -0.1) is 0 Å². The molecule has 7 heteroatoms. The lowest BCUT2D eigenvalue weighted by molar-refractivity contribution is 0.0519. The average Bonchev–Trinajstić information content (AvgIpc) is 2.88. The first-order valence-corrected chi connectivity index (χ1v) is 5.83. The number of rotatable bonds is 5. The van der Waals surface area contributed by atoms with Crippen molar-refractivity contribution in [1.82, 2.24) is 4.98 Å². The fourth-order valence-corrected chi connectivity index (χ4v) is 1.45. The second-order valence-corrected chi connectivity index (χ2v) is 3.77. The van der Waals surface area contributed by atoms with Crippen LogP contribution in [0.15, 0.2) is 34.9 Å². The molecule has 2 N–H and O–H groups in total. The van der Waals surface area contributed by atoms with Crippen LogP contribution >= 0.6 is 0 Å². The molecule has 0 aliphatic carbocycles. The highest BCUT2D eigenvalue weighted by atomic mass is 16.5. The van der Waals surface area contributed by atoms with E-state index in [9.17, 15) is 9.59 Å². The molecule has 0 aliphatic heterocycles. The molecule has 1 aromatic carbocycles. The summed E-state index contributed by atoms with van der Waals surface area (Å²) in [6.07, 6.45) is 1.19. The van der Waals surface area contributed by atoms with E-state index >= 15 is 0 Å². The number of benzene rings is 1. The number of anilines is 2. The van der Waals surface area contributed by atoms with E-state index in [1.54, 1.807) is 19.1 Å². The van der Waals surface area contributed by atoms with Gasteiger partial charge in [0, 0.05) is 5.69 Å². The number of carbonyl (C=O) groups excluding carboxylic acids is 1. The summed E-state index contributed by atoms with van der Waals surface area (Å²) in [6.45, 7) is 1.95. The van der Waals surface area contributed by atoms with Gasteiger partial charge < -0.3 is 19.6 Å². The van der Waals surface area contributed by atoms with Crippen LogP contribution in [0.1, 0.15) is 27.8 Å². The van der Waals surface area contributed by atoms with Crippen molar-refractivity contribution in [2.75, 3.05) is 11.9 Å². The van der Waals surface area contributed by atoms with Crippen LogP contribution in [0.5, 0.6) is 0 Å². The van der Waals surface area contributed by atoms with E-state index in [0.29, 0.717) is 5.69 Å². The van der Waals surface area contributed by atoms with Crippen molar-refractivity contribution < 1.29 is 23.8 Å². The fraction of sp³-hybridized carbons (Fsp3) is 0.154. The molecule has 0 fully saturated rings. The monoisotopic (exact) mass is 276 g/mol. The molecule has 20 heavy (non-hydrogen) atoms. The molecule has 0 unspecified atom stereocenters. The van der Waals surface area contributed by atoms with E-state index in [2.05, 4.69) is 10.3 Å². The lowest BCUT2D eigenvalue weighted by Crippen LogP contribution is -2.05. The van der Waals surface area contributed by atoms with E-state index in [-0.39, 0.29) is 23.9 Å². The number of hydrogen-bond donors (Lipinski definition) is 2. The SMILES string of the molecule is CCOC(=O)c1coc(Nc2ccc(C(=O)O)cc2)n1. The molecule has 0 saturated heterocycles. The Labute approximate surface area is 114 Å². The minimum Gasteiger partial charge on any atom is -0.478 e. The molecule has 0 radical (unpaired) electrons. The first-order valence-electron chi connectivity index (χ1n) is 5.83. The van der Waals surface area contributed by atoms with Crippen molar-refractivity contribution in [3.63, 3.8) is 0 Å². The Bertz CT molecular complexity index is 618. The normalized spacial score (nSPS) is 10.1. The zero-order chi connectivity index (χ0) is 14.5. The molecular weight excluding hydrogens is 264 g/mol. The fourth-order valence-electron chi connectivity index (χ4n) is 1.45. The van der Waals surface area contributed by atoms with Crippen LogP contribution in [0.25, 0.3) is 0 Å². The Balaban J connectivity index is 2.06. The van der Waals surface area contributed by atoms with Crippen LogP contribution in [0.4, 0.5) is 11.7 Å². The van der Waals surface area contributed by atoms with Crippen LogP contribution in [-0.2, 0) is 4.74 Å². The molecule has 1 heterocycles. The summed E-state index contributed by atoms with van der Waals surface area (Å²) in [5, 5.41) is 11.6. The topological polar surface area (TPSA) is 102 Å². The van der Waals surface area contributed by atoms with Crippen LogP contribution in [-0.4, -0.2) is 28.6 Å². The highest BCUT2D eigenvalue weighted by Gasteiger charge is 2.13. The predicted octanol–water partition coefficient (Wildman–Crippen LogP) is 2.29. The second kappa shape index (κ2) is 5.87. The van der Waals surface area contributed by atoms with Gasteiger partial charge in [-0.2, -0.15) is 4.98 Å². The summed E-state index contributed by atoms with van der Waals surface area (Å²) in [6, 6.07) is 6.14. The van der Waals surface area contributed by atoms with Gasteiger partial charge in [-0.3, -0.25) is 0 Å². The standard InChI is InChI=1S/C13H12N2O5/c1-2-19-12(18)10-7-20-13(15-10)14-9-5-3-8(4-6-9)11(16)17/h3-7H,2H2,1H3,(H,14,15)(H,16,17). The molecule has 2 rings (SSSR count). The summed E-state index contributed by atoms with van der Waals surface area (Å²) < 4.78 is 9.85. The molecule has 104 valence electrons. The van der Waals surface area contributed by atoms with Crippen molar-refractivity contribution in [2.24, 2.45) is 0 Å². The highest BCUT2D eigenvalue weighted by Crippen LogP contribution is 2.17. The summed E-state index contributed by atoms with van der Waals surface area (Å²) in [5.41, 5.74) is 0.832. The lowest BCUT2D eigenvalue weighted by Gasteiger charge is -2.01. The third-order valence-corrected chi connectivity index (χ3v) is 2.37. The van der Waals surface area contributed by atoms with Crippen molar-refractivity contribution in [1.29, 1.82) is 0 Å². The van der Waals surface area contributed by atoms with E-state index < -0.39 is 11.9 Å². The molecule has 0 spiro atoms. The second-order valence-electron chi connectivity index (χ2n) is 3.77. The van der Waals surface area contributed by atoms with Gasteiger partial charge in [0.2, 0.25) is 0 Å². The Morgan fingerprint density at radius 2 is 2.05 bits per heavy atom. The first-order chi connectivity index (χ1) is 9.60. The van der Waals surface area contributed by atoms with Crippen LogP contribution < -0.4 is 5.32 Å². The van der Waals surface area contributed by atoms with Crippen LogP contribution in [0, 0.1) is 0 Å². The summed E-state index contributed by atoms with van der Waals surface area (Å²) in [5.74, 6) is -1.57. The molecule has 0 aliphatic rings. The number of nitrogens with zero attached hydrogens (tertiary/aromatic N) is 1. The van der Waals surface area contributed by atoms with Crippen LogP contribution in [0.2, 0.25) is 0 Å². The predicted molar refractivity (Wildman–Crippen MR) is 69.1 cm³/mol. The third kappa shape index (κ3) is 3.14. The maximum Gasteiger partial charge on any atom is 0.360 e. The largest absolute Gasteiger partial charge is 0.478 e. The third-order valence-electron chi connectivity index (χ3n) is 2.37. The van der Waals surface area contributed by atoms with Gasteiger partial charge >= 0.3 is 11.9 Å². The molecule has 0 amide bonds. The number of aromatic carboxylic acids is 1. The van der Waals surface area contributed by atoms with Crippen molar-refractivity contribution in [3.05, 3.63) is 41.8 Å². The van der Waals surface area contributed by atoms with Gasteiger partial charge in [0.1, 0.15) is 6.26 Å². The Hall–Kier alpha value is -2.83. The van der Waals surface area contributed by atoms with E-state index in [4.69, 9.17) is 14.3 Å². The number of oxazole rings is 1. The van der Waals surface area contributed by atoms with Crippen molar-refractivity contribution in [3.8, 4) is 0 Å². The van der Waals surface area contributed by atoms with E-state index in [1.807, 2.05) is 0 Å². The summed E-state index contributed by atoms with van der Waals surface area (Å²) in [7, 11) is 0. The van der Waals surface area contributed by atoms with Crippen molar-refractivity contribution >= 4 is 23.6 Å². The first kappa shape index (κ1) is 13.6. The average molecular weight is 276 g/mol. The number of carboxylic acids is 1. The van der Waals surface area contributed by atoms with Gasteiger partial charge in [-0.1, -0.05) is 0 Å². The quantitative estimate of drug-likeness (QED) is 0.808. The van der Waals surface area contributed by atoms with Crippen LogP contribution in [0.3, 0.4) is 0 Å². The molecule has 0 saturated carbocycles. The smallest absolute Gasteiger partial charge is 0.360 e. The molecule has 2 aromatic rings. The van der Waals surface area contributed by atoms with E-state index in [1.165, 1.54) is 18.4 Å². The van der Waals surface area contributed by atoms with Gasteiger partial charge in [-0.05, 0) is 31.2 Å². The number of esters is 1. The molecule has 1 aromatic heterocycles. The number of aromatic nitrogens is 1. The number of hydrogen-bond acceptors (Lipinski definition) is 6. The molecule has 0 atom stereocenters. The maximum atomic E-state index is 11.4. The zero-order valence-corrected chi connectivity index (χ0v) is 10.6. The van der Waals surface area contributed by atoms with Gasteiger partial charge in [0.15, 0.2) is 5.69 Å². The van der Waals surface area contributed by atoms with E-state index in [0.717, 1.165) is 0 Å². The minimum absolute atomic E-state index is 0.0662. The Morgan fingerprint density at radius 3 is 2.65 bits per heavy atom. The number of ether oxygens (including phenoxy) is 1. The van der Waals surface area contributed by atoms with Gasteiger partial charge in [0.25, 0.3) is 6.01 Å². The minimum atomic E-state index is -1.00. The number of carbonyl (C=O) groups is 2. The van der Waals surface area contributed by atoms with Gasteiger partial charge in [-0.25, -0.2) is 9.59 Å². The Morgan fingerprint density at radius 1 is 1.35 bits per heavy atom.